The molecule has 5 atom stereocenters. The molecule has 0 bridgehead atoms. The SMILES string of the molecule is C[C@@]12CCC[C@@](C)(C(=O)OCc3ccccc3)[C@H]1CC[C@@]1(CC(=O)O)CCCC[C@H]12. The maximum Gasteiger partial charge on any atom is 0.312 e. The summed E-state index contributed by atoms with van der Waals surface area (Å²) in [5.74, 6) is -0.0594. The van der Waals surface area contributed by atoms with Gasteiger partial charge in [-0.25, -0.2) is 0 Å². The topological polar surface area (TPSA) is 63.6 Å². The number of fused-ring (bicyclic) bond motifs is 3. The van der Waals surface area contributed by atoms with Crippen molar-refractivity contribution in [3.8, 4) is 0 Å². The highest BCUT2D eigenvalue weighted by atomic mass is 16.5. The predicted octanol–water partition coefficient (Wildman–Crippen LogP) is 5.99. The molecule has 4 nitrogen and oxygen atoms in total. The number of ether oxygens (including phenoxy) is 1. The molecule has 3 fully saturated rings. The Morgan fingerprint density at radius 1 is 0.967 bits per heavy atom. The number of hydrogen-bond acceptors (Lipinski definition) is 3. The molecule has 164 valence electrons. The van der Waals surface area contributed by atoms with Crippen LogP contribution in [0.25, 0.3) is 0 Å². The number of esters is 1. The lowest BCUT2D eigenvalue weighted by molar-refractivity contribution is -0.192. The Kier molecular flexibility index (Phi) is 5.71. The second-order valence-electron chi connectivity index (χ2n) is 10.7. The summed E-state index contributed by atoms with van der Waals surface area (Å²) in [6.45, 7) is 4.81. The van der Waals surface area contributed by atoms with Crippen LogP contribution < -0.4 is 0 Å². The van der Waals surface area contributed by atoms with Crippen LogP contribution in [0.4, 0.5) is 0 Å². The Labute approximate surface area is 180 Å². The monoisotopic (exact) mass is 412 g/mol. The van der Waals surface area contributed by atoms with Crippen LogP contribution in [0.3, 0.4) is 0 Å². The fourth-order valence-electron chi connectivity index (χ4n) is 7.78. The smallest absolute Gasteiger partial charge is 0.312 e. The lowest BCUT2D eigenvalue weighted by Gasteiger charge is -2.64. The summed E-state index contributed by atoms with van der Waals surface area (Å²) >= 11 is 0. The summed E-state index contributed by atoms with van der Waals surface area (Å²) in [5.41, 5.74) is 0.479. The molecule has 1 aromatic carbocycles. The summed E-state index contributed by atoms with van der Waals surface area (Å²) in [7, 11) is 0. The number of carbonyl (C=O) groups is 2. The quantitative estimate of drug-likeness (QED) is 0.604. The van der Waals surface area contributed by atoms with Gasteiger partial charge in [-0.2, -0.15) is 0 Å². The van der Waals surface area contributed by atoms with E-state index in [1.807, 2.05) is 30.3 Å². The van der Waals surface area contributed by atoms with Crippen molar-refractivity contribution in [3.63, 3.8) is 0 Å². The number of rotatable bonds is 5. The summed E-state index contributed by atoms with van der Waals surface area (Å²) in [4.78, 5) is 25.2. The van der Waals surface area contributed by atoms with Gasteiger partial charge in [0.05, 0.1) is 11.8 Å². The van der Waals surface area contributed by atoms with Gasteiger partial charge < -0.3 is 9.84 Å². The van der Waals surface area contributed by atoms with Crippen molar-refractivity contribution < 1.29 is 19.4 Å². The standard InChI is InChI=1S/C26H36O4/c1-24-13-8-14-25(2,23(29)30-18-19-9-4-3-5-10-19)20(24)12-16-26(17-22(27)28)15-7-6-11-21(24)26/h3-5,9-10,20-21H,6-8,11-18H2,1-2H3,(H,27,28)/t20-,21-,24+,25+,26+/m0/s1. The Bertz CT molecular complexity index is 789. The molecule has 4 heteroatoms. The van der Waals surface area contributed by atoms with E-state index in [1.165, 1.54) is 6.42 Å². The Morgan fingerprint density at radius 2 is 1.73 bits per heavy atom. The highest BCUT2D eigenvalue weighted by Crippen LogP contribution is 2.68. The largest absolute Gasteiger partial charge is 0.481 e. The molecule has 1 N–H and O–H groups in total. The van der Waals surface area contributed by atoms with Crippen LogP contribution in [0, 0.1) is 28.1 Å². The van der Waals surface area contributed by atoms with Crippen molar-refractivity contribution in [3.05, 3.63) is 35.9 Å². The van der Waals surface area contributed by atoms with Gasteiger partial charge in [0.1, 0.15) is 6.61 Å². The van der Waals surface area contributed by atoms with Crippen LogP contribution in [0.5, 0.6) is 0 Å². The van der Waals surface area contributed by atoms with E-state index in [2.05, 4.69) is 13.8 Å². The molecule has 30 heavy (non-hydrogen) atoms. The first kappa shape index (κ1) is 21.4. The van der Waals surface area contributed by atoms with Gasteiger partial charge in [0, 0.05) is 0 Å². The van der Waals surface area contributed by atoms with Gasteiger partial charge in [0.25, 0.3) is 0 Å². The molecule has 0 aliphatic heterocycles. The average Bonchev–Trinajstić information content (AvgIpc) is 2.72. The molecule has 0 saturated heterocycles. The fourth-order valence-corrected chi connectivity index (χ4v) is 7.78. The van der Waals surface area contributed by atoms with E-state index in [1.54, 1.807) is 0 Å². The number of aliphatic carboxylic acids is 1. The maximum absolute atomic E-state index is 13.4. The number of hydrogen-bond donors (Lipinski definition) is 1. The second kappa shape index (κ2) is 8.01. The minimum atomic E-state index is -0.662. The molecular weight excluding hydrogens is 376 g/mol. The fraction of sp³-hybridized carbons (Fsp3) is 0.692. The molecule has 0 unspecified atom stereocenters. The molecule has 0 radical (unpaired) electrons. The van der Waals surface area contributed by atoms with Crippen molar-refractivity contribution in [1.82, 2.24) is 0 Å². The third kappa shape index (κ3) is 3.56. The summed E-state index contributed by atoms with van der Waals surface area (Å²) in [5, 5.41) is 9.67. The van der Waals surface area contributed by atoms with Gasteiger partial charge in [0.2, 0.25) is 0 Å². The van der Waals surface area contributed by atoms with E-state index in [0.717, 1.165) is 56.9 Å². The zero-order valence-corrected chi connectivity index (χ0v) is 18.5. The number of carboxylic acids is 1. The van der Waals surface area contributed by atoms with E-state index in [0.29, 0.717) is 12.5 Å². The molecular formula is C26H36O4. The van der Waals surface area contributed by atoms with Crippen LogP contribution in [0.1, 0.15) is 83.6 Å². The first-order valence-corrected chi connectivity index (χ1v) is 11.7. The van der Waals surface area contributed by atoms with Crippen LogP contribution in [-0.2, 0) is 20.9 Å². The van der Waals surface area contributed by atoms with Crippen molar-refractivity contribution in [2.75, 3.05) is 0 Å². The van der Waals surface area contributed by atoms with Gasteiger partial charge in [0.15, 0.2) is 0 Å². The average molecular weight is 413 g/mol. The molecule has 0 spiro atoms. The minimum absolute atomic E-state index is 0.0207. The highest BCUT2D eigenvalue weighted by molar-refractivity contribution is 5.77. The Hall–Kier alpha value is -1.84. The van der Waals surface area contributed by atoms with Crippen LogP contribution >= 0.6 is 0 Å². The van der Waals surface area contributed by atoms with Gasteiger partial charge in [-0.15, -0.1) is 0 Å². The third-order valence-electron chi connectivity index (χ3n) is 9.04. The van der Waals surface area contributed by atoms with Crippen LogP contribution in [0.15, 0.2) is 30.3 Å². The van der Waals surface area contributed by atoms with E-state index in [4.69, 9.17) is 4.74 Å². The Morgan fingerprint density at radius 3 is 2.47 bits per heavy atom. The summed E-state index contributed by atoms with van der Waals surface area (Å²) in [6.07, 6.45) is 9.62. The van der Waals surface area contributed by atoms with Crippen LogP contribution in [-0.4, -0.2) is 17.0 Å². The van der Waals surface area contributed by atoms with E-state index in [-0.39, 0.29) is 29.1 Å². The highest BCUT2D eigenvalue weighted by Gasteiger charge is 2.63. The third-order valence-corrected chi connectivity index (χ3v) is 9.04. The summed E-state index contributed by atoms with van der Waals surface area (Å²) < 4.78 is 5.86. The number of benzene rings is 1. The van der Waals surface area contributed by atoms with E-state index in [9.17, 15) is 14.7 Å². The van der Waals surface area contributed by atoms with Crippen LogP contribution in [0.2, 0.25) is 0 Å². The first-order valence-electron chi connectivity index (χ1n) is 11.7. The minimum Gasteiger partial charge on any atom is -0.481 e. The lowest BCUT2D eigenvalue weighted by Crippen LogP contribution is -2.59. The molecule has 3 saturated carbocycles. The van der Waals surface area contributed by atoms with Gasteiger partial charge in [-0.05, 0) is 73.7 Å². The van der Waals surface area contributed by atoms with Crippen molar-refractivity contribution in [2.24, 2.45) is 28.1 Å². The van der Waals surface area contributed by atoms with E-state index >= 15 is 0 Å². The van der Waals surface area contributed by atoms with Gasteiger partial charge in [-0.3, -0.25) is 9.59 Å². The van der Waals surface area contributed by atoms with Crippen molar-refractivity contribution in [1.29, 1.82) is 0 Å². The summed E-state index contributed by atoms with van der Waals surface area (Å²) in [6, 6.07) is 9.88. The molecule has 0 amide bonds. The Balaban J connectivity index is 1.58. The van der Waals surface area contributed by atoms with E-state index < -0.39 is 11.4 Å². The lowest BCUT2D eigenvalue weighted by atomic mass is 9.40. The zero-order valence-electron chi connectivity index (χ0n) is 18.5. The molecule has 4 rings (SSSR count). The van der Waals surface area contributed by atoms with Gasteiger partial charge >= 0.3 is 11.9 Å². The molecule has 1 aromatic rings. The maximum atomic E-state index is 13.4. The van der Waals surface area contributed by atoms with Crippen molar-refractivity contribution in [2.45, 2.75) is 84.7 Å². The number of carboxylic acid groups (broad SMARTS) is 1. The molecule has 3 aliphatic rings. The molecule has 3 aliphatic carbocycles. The van der Waals surface area contributed by atoms with Gasteiger partial charge in [-0.1, -0.05) is 56.5 Å². The van der Waals surface area contributed by atoms with Crippen molar-refractivity contribution >= 4 is 11.9 Å². The molecule has 0 heterocycles. The normalized spacial score (nSPS) is 38.2. The predicted molar refractivity (Wildman–Crippen MR) is 116 cm³/mol. The molecule has 0 aromatic heterocycles. The zero-order chi connectivity index (χ0) is 21.4. The first-order chi connectivity index (χ1) is 14.3. The second-order valence-corrected chi connectivity index (χ2v) is 10.7. The number of carbonyl (C=O) groups excluding carboxylic acids is 1.